The number of ether oxygens (including phenoxy) is 2. The summed E-state index contributed by atoms with van der Waals surface area (Å²) in [6, 6.07) is 5.21. The van der Waals surface area contributed by atoms with Gasteiger partial charge in [0.1, 0.15) is 13.2 Å². The van der Waals surface area contributed by atoms with Gasteiger partial charge in [-0.05, 0) is 23.8 Å². The molecule has 6 nitrogen and oxygen atoms in total. The quantitative estimate of drug-likeness (QED) is 0.431. The van der Waals surface area contributed by atoms with Gasteiger partial charge in [-0.1, -0.05) is 12.7 Å². The molecule has 0 heterocycles. The molecule has 0 saturated heterocycles. The van der Waals surface area contributed by atoms with Crippen LogP contribution in [0.25, 0.3) is 0 Å². The zero-order valence-electron chi connectivity index (χ0n) is 10.6. The number of nitrogens with zero attached hydrogens (tertiary/aromatic N) is 1. The van der Waals surface area contributed by atoms with E-state index in [1.165, 1.54) is 13.3 Å². The second-order valence-electron chi connectivity index (χ2n) is 3.46. The van der Waals surface area contributed by atoms with E-state index in [4.69, 9.17) is 14.6 Å². The Hall–Kier alpha value is -2.34. The van der Waals surface area contributed by atoms with Crippen molar-refractivity contribution in [2.75, 3.05) is 20.3 Å². The van der Waals surface area contributed by atoms with Gasteiger partial charge >= 0.3 is 0 Å². The van der Waals surface area contributed by atoms with E-state index in [-0.39, 0.29) is 0 Å². The van der Waals surface area contributed by atoms with E-state index in [1.54, 1.807) is 24.3 Å². The van der Waals surface area contributed by atoms with E-state index >= 15 is 0 Å². The molecule has 0 aliphatic heterocycles. The normalized spacial score (nSPS) is 10.2. The molecule has 0 aliphatic carbocycles. The Balaban J connectivity index is 2.75. The minimum Gasteiger partial charge on any atom is -0.493 e. The standard InChI is InChI=1S/C13H16N2O4/c1-3-6-19-11-5-4-10(7-12(11)18-2)8-14-15-13(17)9-16/h3-5,7-8,16H,1,6,9H2,2H3,(H,15,17). The molecule has 0 aliphatic rings. The number of benzene rings is 1. The van der Waals surface area contributed by atoms with Gasteiger partial charge in [0.15, 0.2) is 11.5 Å². The first-order chi connectivity index (χ1) is 9.21. The predicted molar refractivity (Wildman–Crippen MR) is 71.5 cm³/mol. The number of methoxy groups -OCH3 is 1. The summed E-state index contributed by atoms with van der Waals surface area (Å²) >= 11 is 0. The Morgan fingerprint density at radius 3 is 2.95 bits per heavy atom. The molecule has 0 aromatic heterocycles. The van der Waals surface area contributed by atoms with Gasteiger partial charge in [-0.2, -0.15) is 5.10 Å². The van der Waals surface area contributed by atoms with Crippen molar-refractivity contribution in [3.63, 3.8) is 0 Å². The molecular formula is C13H16N2O4. The maximum atomic E-state index is 10.8. The number of hydrazone groups is 1. The van der Waals surface area contributed by atoms with Crippen LogP contribution < -0.4 is 14.9 Å². The summed E-state index contributed by atoms with van der Waals surface area (Å²) in [5, 5.41) is 12.2. The first-order valence-corrected chi connectivity index (χ1v) is 5.55. The molecule has 0 fully saturated rings. The molecule has 6 heteroatoms. The highest BCUT2D eigenvalue weighted by atomic mass is 16.5. The van der Waals surface area contributed by atoms with E-state index in [0.29, 0.717) is 18.1 Å². The Bertz CT molecular complexity index is 472. The summed E-state index contributed by atoms with van der Waals surface area (Å²) < 4.78 is 10.6. The molecule has 0 bridgehead atoms. The number of aliphatic hydroxyl groups is 1. The van der Waals surface area contributed by atoms with Crippen LogP contribution in [0.15, 0.2) is 36.0 Å². The average molecular weight is 264 g/mol. The lowest BCUT2D eigenvalue weighted by molar-refractivity contribution is -0.123. The Morgan fingerprint density at radius 2 is 2.32 bits per heavy atom. The highest BCUT2D eigenvalue weighted by molar-refractivity contribution is 5.83. The number of carbonyl (C=O) groups is 1. The number of aliphatic hydroxyl groups excluding tert-OH is 1. The molecule has 1 aromatic carbocycles. The largest absolute Gasteiger partial charge is 0.493 e. The summed E-state index contributed by atoms with van der Waals surface area (Å²) in [5.74, 6) is 0.576. The predicted octanol–water partition coefficient (Wildman–Crippen LogP) is 0.702. The molecule has 2 N–H and O–H groups in total. The van der Waals surface area contributed by atoms with Crippen LogP contribution in [0, 0.1) is 0 Å². The summed E-state index contributed by atoms with van der Waals surface area (Å²) in [5.41, 5.74) is 2.89. The maximum absolute atomic E-state index is 10.8. The molecule has 0 unspecified atom stereocenters. The molecule has 102 valence electrons. The number of nitrogens with one attached hydrogen (secondary N) is 1. The van der Waals surface area contributed by atoms with Crippen LogP contribution in [-0.4, -0.2) is 37.6 Å². The van der Waals surface area contributed by atoms with E-state index in [1.807, 2.05) is 0 Å². The van der Waals surface area contributed by atoms with Gasteiger partial charge in [0, 0.05) is 0 Å². The minimum atomic E-state index is -0.602. The van der Waals surface area contributed by atoms with Gasteiger partial charge in [0.05, 0.1) is 13.3 Å². The van der Waals surface area contributed by atoms with Gasteiger partial charge in [0.2, 0.25) is 0 Å². The zero-order chi connectivity index (χ0) is 14.1. The first kappa shape index (κ1) is 14.7. The lowest BCUT2D eigenvalue weighted by Gasteiger charge is -2.09. The van der Waals surface area contributed by atoms with E-state index in [9.17, 15) is 4.79 Å². The SMILES string of the molecule is C=CCOc1ccc(C=NNC(=O)CO)cc1OC. The molecule has 0 atom stereocenters. The van der Waals surface area contributed by atoms with Crippen molar-refractivity contribution >= 4 is 12.1 Å². The molecule has 1 amide bonds. The fraction of sp³-hybridized carbons (Fsp3) is 0.231. The third kappa shape index (κ3) is 4.81. The van der Waals surface area contributed by atoms with Crippen LogP contribution in [0.2, 0.25) is 0 Å². The fourth-order valence-corrected chi connectivity index (χ4v) is 1.25. The molecule has 19 heavy (non-hydrogen) atoms. The van der Waals surface area contributed by atoms with Crippen LogP contribution in [0.5, 0.6) is 11.5 Å². The van der Waals surface area contributed by atoms with Crippen LogP contribution >= 0.6 is 0 Å². The van der Waals surface area contributed by atoms with Crippen molar-refractivity contribution in [1.29, 1.82) is 0 Å². The first-order valence-electron chi connectivity index (χ1n) is 5.55. The highest BCUT2D eigenvalue weighted by Gasteiger charge is 2.04. The molecular weight excluding hydrogens is 248 g/mol. The highest BCUT2D eigenvalue weighted by Crippen LogP contribution is 2.27. The topological polar surface area (TPSA) is 80.2 Å². The van der Waals surface area contributed by atoms with Crippen molar-refractivity contribution in [2.45, 2.75) is 0 Å². The average Bonchev–Trinajstić information content (AvgIpc) is 2.45. The van der Waals surface area contributed by atoms with Gasteiger partial charge in [-0.25, -0.2) is 5.43 Å². The van der Waals surface area contributed by atoms with Crippen LogP contribution in [0.1, 0.15) is 5.56 Å². The summed E-state index contributed by atoms with van der Waals surface area (Å²) in [7, 11) is 1.53. The smallest absolute Gasteiger partial charge is 0.265 e. The molecule has 0 radical (unpaired) electrons. The summed E-state index contributed by atoms with van der Waals surface area (Å²) in [6.07, 6.45) is 3.08. The molecule has 0 spiro atoms. The number of amides is 1. The summed E-state index contributed by atoms with van der Waals surface area (Å²) in [4.78, 5) is 10.8. The molecule has 0 saturated carbocycles. The number of rotatable bonds is 7. The lowest BCUT2D eigenvalue weighted by Crippen LogP contribution is -2.20. The van der Waals surface area contributed by atoms with Crippen LogP contribution in [0.4, 0.5) is 0 Å². The van der Waals surface area contributed by atoms with E-state index < -0.39 is 12.5 Å². The Labute approximate surface area is 111 Å². The van der Waals surface area contributed by atoms with Crippen molar-refractivity contribution < 1.29 is 19.4 Å². The molecule has 1 rings (SSSR count). The van der Waals surface area contributed by atoms with Gasteiger partial charge in [-0.3, -0.25) is 4.79 Å². The number of hydrogen-bond donors (Lipinski definition) is 2. The summed E-state index contributed by atoms with van der Waals surface area (Å²) in [6.45, 7) is 3.35. The second-order valence-corrected chi connectivity index (χ2v) is 3.46. The monoisotopic (exact) mass is 264 g/mol. The third-order valence-electron chi connectivity index (χ3n) is 2.09. The Kier molecular flexibility index (Phi) is 6.11. The van der Waals surface area contributed by atoms with Gasteiger partial charge < -0.3 is 14.6 Å². The zero-order valence-corrected chi connectivity index (χ0v) is 10.6. The number of hydrogen-bond acceptors (Lipinski definition) is 5. The van der Waals surface area contributed by atoms with E-state index in [2.05, 4.69) is 17.1 Å². The van der Waals surface area contributed by atoms with E-state index in [0.717, 1.165) is 5.56 Å². The van der Waals surface area contributed by atoms with Gasteiger partial charge in [0.25, 0.3) is 5.91 Å². The van der Waals surface area contributed by atoms with Crippen LogP contribution in [-0.2, 0) is 4.79 Å². The fourth-order valence-electron chi connectivity index (χ4n) is 1.25. The van der Waals surface area contributed by atoms with Crippen molar-refractivity contribution in [1.82, 2.24) is 5.43 Å². The van der Waals surface area contributed by atoms with Crippen molar-refractivity contribution in [2.24, 2.45) is 5.10 Å². The Morgan fingerprint density at radius 1 is 1.53 bits per heavy atom. The number of carbonyl (C=O) groups excluding carboxylic acids is 1. The van der Waals surface area contributed by atoms with Crippen molar-refractivity contribution in [3.05, 3.63) is 36.4 Å². The van der Waals surface area contributed by atoms with Crippen LogP contribution in [0.3, 0.4) is 0 Å². The minimum absolute atomic E-state index is 0.385. The lowest BCUT2D eigenvalue weighted by atomic mass is 10.2. The third-order valence-corrected chi connectivity index (χ3v) is 2.09. The molecule has 1 aromatic rings. The second kappa shape index (κ2) is 7.88. The van der Waals surface area contributed by atoms with Gasteiger partial charge in [-0.15, -0.1) is 0 Å². The van der Waals surface area contributed by atoms with Crippen molar-refractivity contribution in [3.8, 4) is 11.5 Å². The maximum Gasteiger partial charge on any atom is 0.265 e.